The Morgan fingerprint density at radius 2 is 1.07 bits per heavy atom. The number of aromatic nitrogens is 1. The third-order valence-corrected chi connectivity index (χ3v) is 16.7. The van der Waals surface area contributed by atoms with Gasteiger partial charge in [0.1, 0.15) is 0 Å². The minimum atomic E-state index is 0.166. The largest absolute Gasteiger partial charge is 0.310 e. The van der Waals surface area contributed by atoms with Crippen molar-refractivity contribution in [3.63, 3.8) is 0 Å². The van der Waals surface area contributed by atoms with Gasteiger partial charge in [-0.25, -0.2) is 0 Å². The van der Waals surface area contributed by atoms with E-state index in [-0.39, 0.29) is 5.41 Å². The highest BCUT2D eigenvalue weighted by Crippen LogP contribution is 2.70. The van der Waals surface area contributed by atoms with Gasteiger partial charge in [0.25, 0.3) is 0 Å². The first-order valence-electron chi connectivity index (χ1n) is 22.3. The van der Waals surface area contributed by atoms with Crippen LogP contribution in [-0.2, 0) is 5.41 Å². The van der Waals surface area contributed by atoms with Gasteiger partial charge in [-0.3, -0.25) is 0 Å². The molecule has 0 unspecified atom stereocenters. The van der Waals surface area contributed by atoms with Crippen LogP contribution in [0.4, 0.5) is 17.1 Å². The number of hydrogen-bond acceptors (Lipinski definition) is 2. The third-order valence-electron chi connectivity index (χ3n) is 15.6. The first kappa shape index (κ1) is 34.3. The minimum Gasteiger partial charge on any atom is -0.310 e. The average molecular weight is 801 g/mol. The molecule has 0 N–H and O–H groups in total. The van der Waals surface area contributed by atoms with Gasteiger partial charge in [-0.2, -0.15) is 0 Å². The lowest BCUT2D eigenvalue weighted by atomic mass is 9.43. The summed E-state index contributed by atoms with van der Waals surface area (Å²) in [6.45, 7) is 0. The van der Waals surface area contributed by atoms with Crippen molar-refractivity contribution < 1.29 is 0 Å². The van der Waals surface area contributed by atoms with Crippen molar-refractivity contribution >= 4 is 70.4 Å². The van der Waals surface area contributed by atoms with Gasteiger partial charge in [0.05, 0.1) is 11.0 Å². The second-order valence-corrected chi connectivity index (χ2v) is 19.6. The number of fused-ring (bicyclic) bond motifs is 9. The Balaban J connectivity index is 0.933. The van der Waals surface area contributed by atoms with Crippen LogP contribution in [0.25, 0.3) is 69.9 Å². The highest BCUT2D eigenvalue weighted by Gasteiger charge is 2.61. The molecular formula is C58H44N2S. The molecule has 5 aliphatic rings. The van der Waals surface area contributed by atoms with E-state index in [2.05, 4.69) is 191 Å². The summed E-state index contributed by atoms with van der Waals surface area (Å²) < 4.78 is 5.04. The molecule has 2 aromatic heterocycles. The first-order chi connectivity index (χ1) is 30.2. The lowest BCUT2D eigenvalue weighted by Gasteiger charge is -2.61. The van der Waals surface area contributed by atoms with Crippen molar-refractivity contribution in [1.82, 2.24) is 4.57 Å². The lowest BCUT2D eigenvalue weighted by Crippen LogP contribution is -2.55. The predicted octanol–water partition coefficient (Wildman–Crippen LogP) is 16.0. The topological polar surface area (TPSA) is 8.17 Å². The Morgan fingerprint density at radius 1 is 0.443 bits per heavy atom. The van der Waals surface area contributed by atoms with Crippen molar-refractivity contribution in [3.05, 3.63) is 193 Å². The molecule has 0 saturated heterocycles. The van der Waals surface area contributed by atoms with Crippen LogP contribution in [0.5, 0.6) is 0 Å². The summed E-state index contributed by atoms with van der Waals surface area (Å²) in [6.07, 6.45) is 7.09. The van der Waals surface area contributed by atoms with Crippen LogP contribution in [0.3, 0.4) is 0 Å². The first-order valence-corrected chi connectivity index (χ1v) is 23.2. The van der Waals surface area contributed by atoms with Crippen LogP contribution >= 0.6 is 11.3 Å². The van der Waals surface area contributed by atoms with E-state index in [9.17, 15) is 0 Å². The Hall–Kier alpha value is -6.42. The molecule has 292 valence electrons. The number of thiophene rings is 1. The molecule has 2 heterocycles. The molecule has 3 heteroatoms. The smallest absolute Gasteiger partial charge is 0.0542 e. The molecule has 4 saturated carbocycles. The summed E-state index contributed by atoms with van der Waals surface area (Å²) >= 11 is 1.88. The second-order valence-electron chi connectivity index (χ2n) is 18.5. The molecule has 5 aliphatic carbocycles. The molecule has 4 fully saturated rings. The fourth-order valence-corrected chi connectivity index (χ4v) is 14.6. The lowest BCUT2D eigenvalue weighted by molar-refractivity contribution is -0.0399. The summed E-state index contributed by atoms with van der Waals surface area (Å²) in [4.78, 5) is 2.47. The Labute approximate surface area is 360 Å². The summed E-state index contributed by atoms with van der Waals surface area (Å²) in [5.41, 5.74) is 16.1. The van der Waals surface area contributed by atoms with Gasteiger partial charge in [0, 0.05) is 59.1 Å². The fraction of sp³-hybridized carbons (Fsp3) is 0.172. The predicted molar refractivity (Wildman–Crippen MR) is 257 cm³/mol. The van der Waals surface area contributed by atoms with Gasteiger partial charge >= 0.3 is 0 Å². The minimum absolute atomic E-state index is 0.166. The molecule has 61 heavy (non-hydrogen) atoms. The van der Waals surface area contributed by atoms with Crippen molar-refractivity contribution in [1.29, 1.82) is 0 Å². The zero-order valence-corrected chi connectivity index (χ0v) is 34.8. The van der Waals surface area contributed by atoms with E-state index in [0.717, 1.165) is 40.7 Å². The van der Waals surface area contributed by atoms with Gasteiger partial charge < -0.3 is 9.47 Å². The molecule has 0 radical (unpaired) electrons. The Bertz CT molecular complexity index is 3360. The molecule has 2 nitrogen and oxygen atoms in total. The Kier molecular flexibility index (Phi) is 7.20. The molecule has 0 atom stereocenters. The van der Waals surface area contributed by atoms with E-state index in [1.165, 1.54) is 102 Å². The number of hydrogen-bond donors (Lipinski definition) is 0. The number of nitrogens with zero attached hydrogens (tertiary/aromatic N) is 2. The van der Waals surface area contributed by atoms with Crippen LogP contribution in [0.15, 0.2) is 182 Å². The van der Waals surface area contributed by atoms with Crippen molar-refractivity contribution in [2.75, 3.05) is 4.90 Å². The average Bonchev–Trinajstić information content (AvgIpc) is 3.95. The van der Waals surface area contributed by atoms with Crippen molar-refractivity contribution in [2.24, 2.45) is 23.7 Å². The van der Waals surface area contributed by atoms with Crippen molar-refractivity contribution in [3.8, 4) is 27.9 Å². The van der Waals surface area contributed by atoms with Gasteiger partial charge in [-0.05, 0) is 156 Å². The van der Waals surface area contributed by atoms with E-state index in [1.54, 1.807) is 11.1 Å². The van der Waals surface area contributed by atoms with Crippen LogP contribution < -0.4 is 4.90 Å². The van der Waals surface area contributed by atoms with Crippen molar-refractivity contribution in [2.45, 2.75) is 37.5 Å². The number of benzene rings is 8. The summed E-state index contributed by atoms with van der Waals surface area (Å²) in [7, 11) is 0. The third kappa shape index (κ3) is 4.79. The van der Waals surface area contributed by atoms with E-state index < -0.39 is 0 Å². The van der Waals surface area contributed by atoms with E-state index in [4.69, 9.17) is 0 Å². The highest BCUT2D eigenvalue weighted by molar-refractivity contribution is 7.25. The van der Waals surface area contributed by atoms with E-state index in [1.807, 2.05) is 11.3 Å². The molecular weight excluding hydrogens is 757 g/mol. The van der Waals surface area contributed by atoms with Crippen LogP contribution in [0.1, 0.15) is 43.2 Å². The standard InChI is InChI=1S/C58H44N2S/c1-2-11-41(12-3-1)60-53-19-8-5-13-46(53)50-34-43(26-28-54(50)60)59(44-25-27-48-47-14-6-9-20-55(47)61-56(48)35-44)42-23-21-38(22-24-42)45-16-10-18-52-57(45)49-15-4-7-17-51(49)58(52)39-30-36-29-37(32-39)33-40(58)31-36/h1-28,34-37,39-40H,29-33H2. The maximum atomic E-state index is 2.52. The number of rotatable bonds is 5. The van der Waals surface area contributed by atoms with Gasteiger partial charge in [0.2, 0.25) is 0 Å². The molecule has 1 spiro atoms. The summed E-state index contributed by atoms with van der Waals surface area (Å²) in [6, 6.07) is 68.8. The zero-order chi connectivity index (χ0) is 39.8. The van der Waals surface area contributed by atoms with Gasteiger partial charge in [0.15, 0.2) is 0 Å². The Morgan fingerprint density at radius 3 is 1.90 bits per heavy atom. The number of para-hydroxylation sites is 2. The molecule has 0 amide bonds. The zero-order valence-electron chi connectivity index (χ0n) is 34.0. The molecule has 10 aromatic rings. The van der Waals surface area contributed by atoms with E-state index in [0.29, 0.717) is 0 Å². The molecule has 4 bridgehead atoms. The summed E-state index contributed by atoms with van der Waals surface area (Å²) in [5.74, 6) is 3.39. The van der Waals surface area contributed by atoms with E-state index >= 15 is 0 Å². The SMILES string of the molecule is c1ccc(-n2c3ccccc3c3cc(N(c4ccc(-c5cccc6c5-c5ccccc5C65C6CC7CC(C6)CC5C7)cc4)c4ccc5c(c4)sc4ccccc45)ccc32)cc1. The summed E-state index contributed by atoms with van der Waals surface area (Å²) in [5, 5.41) is 5.15. The van der Waals surface area contributed by atoms with Crippen LogP contribution in [-0.4, -0.2) is 4.57 Å². The molecule has 0 aliphatic heterocycles. The number of anilines is 3. The van der Waals surface area contributed by atoms with Gasteiger partial charge in [-0.1, -0.05) is 115 Å². The highest BCUT2D eigenvalue weighted by atomic mass is 32.1. The monoisotopic (exact) mass is 800 g/mol. The molecule has 15 rings (SSSR count). The quantitative estimate of drug-likeness (QED) is 0.168. The maximum Gasteiger partial charge on any atom is 0.0542 e. The normalized spacial score (nSPS) is 22.2. The second kappa shape index (κ2) is 12.8. The molecule has 8 aromatic carbocycles. The maximum absolute atomic E-state index is 2.52. The van der Waals surface area contributed by atoms with Crippen LogP contribution in [0, 0.1) is 23.7 Å². The van der Waals surface area contributed by atoms with Crippen LogP contribution in [0.2, 0.25) is 0 Å². The van der Waals surface area contributed by atoms with Gasteiger partial charge in [-0.15, -0.1) is 11.3 Å². The fourth-order valence-electron chi connectivity index (χ4n) is 13.5.